The van der Waals surface area contributed by atoms with Gasteiger partial charge < -0.3 is 14.8 Å². The van der Waals surface area contributed by atoms with Gasteiger partial charge in [0.05, 0.1) is 18.8 Å². The van der Waals surface area contributed by atoms with Gasteiger partial charge in [-0.2, -0.15) is 0 Å². The zero-order chi connectivity index (χ0) is 20.5. The van der Waals surface area contributed by atoms with E-state index < -0.39 is 10.0 Å². The lowest BCUT2D eigenvalue weighted by atomic mass is 10.0. The second kappa shape index (κ2) is 7.72. The van der Waals surface area contributed by atoms with E-state index in [4.69, 9.17) is 5.14 Å². The van der Waals surface area contributed by atoms with Gasteiger partial charge in [0, 0.05) is 33.3 Å². The Morgan fingerprint density at radius 3 is 2.54 bits per heavy atom. The predicted octanol–water partition coefficient (Wildman–Crippen LogP) is -0.623. The summed E-state index contributed by atoms with van der Waals surface area (Å²) in [6.45, 7) is 2.79. The van der Waals surface area contributed by atoms with E-state index in [9.17, 15) is 18.0 Å². The van der Waals surface area contributed by atoms with Crippen molar-refractivity contribution in [1.29, 1.82) is 0 Å². The minimum atomic E-state index is -3.86. The molecule has 1 aliphatic heterocycles. The molecule has 12 heteroatoms. The number of primary sulfonamides is 1. The fourth-order valence-corrected chi connectivity index (χ4v) is 3.77. The zero-order valence-electron chi connectivity index (χ0n) is 15.7. The highest BCUT2D eigenvalue weighted by atomic mass is 32.2. The minimum absolute atomic E-state index is 0.0810. The van der Waals surface area contributed by atoms with E-state index in [0.29, 0.717) is 38.2 Å². The van der Waals surface area contributed by atoms with Crippen molar-refractivity contribution in [3.05, 3.63) is 29.8 Å². The van der Waals surface area contributed by atoms with Gasteiger partial charge >= 0.3 is 0 Å². The topological polar surface area (TPSA) is 145 Å². The number of aromatic nitrogens is 4. The number of aryl methyl sites for hydroxylation is 1. The normalized spacial score (nSPS) is 15.6. The number of amides is 2. The largest absolute Gasteiger partial charge is 0.351 e. The lowest BCUT2D eigenvalue weighted by Gasteiger charge is -2.31. The van der Waals surface area contributed by atoms with Gasteiger partial charge in [0.25, 0.3) is 5.91 Å². The zero-order valence-corrected chi connectivity index (χ0v) is 16.5. The van der Waals surface area contributed by atoms with Crippen LogP contribution in [0.4, 0.5) is 0 Å². The monoisotopic (exact) mass is 409 g/mol. The summed E-state index contributed by atoms with van der Waals surface area (Å²) in [4.78, 5) is 25.3. The quantitative estimate of drug-likeness (QED) is 0.673. The number of rotatable bonds is 5. The highest BCUT2D eigenvalue weighted by Gasteiger charge is 2.27. The summed E-state index contributed by atoms with van der Waals surface area (Å²) in [5.74, 6) is -0.367. The van der Waals surface area contributed by atoms with Crippen LogP contribution >= 0.6 is 0 Å². The molecule has 2 aromatic heterocycles. The summed E-state index contributed by atoms with van der Waals surface area (Å²) in [6, 6.07) is 1.41. The molecule has 3 N–H and O–H groups in total. The standard InChI is InChI=1S/C16H23N7O4S/c1-11(24)18-8-12-9-23(20-19-12)13-3-5-22(6-4-13)16(25)15-7-14(10-21(15)2)28(17,26)27/h7,9-10,13H,3-6,8H2,1-2H3,(H,18,24)(H2,17,26,27). The van der Waals surface area contributed by atoms with Crippen molar-refractivity contribution in [3.63, 3.8) is 0 Å². The van der Waals surface area contributed by atoms with Crippen molar-refractivity contribution in [2.24, 2.45) is 12.2 Å². The summed E-state index contributed by atoms with van der Waals surface area (Å²) < 4.78 is 26.2. The summed E-state index contributed by atoms with van der Waals surface area (Å²) in [6.07, 6.45) is 4.53. The lowest BCUT2D eigenvalue weighted by molar-refractivity contribution is -0.119. The molecule has 152 valence electrons. The Labute approximate surface area is 162 Å². The first-order chi connectivity index (χ1) is 13.1. The van der Waals surface area contributed by atoms with Gasteiger partial charge in [0.2, 0.25) is 15.9 Å². The fraction of sp³-hybridized carbons (Fsp3) is 0.500. The molecule has 0 atom stereocenters. The maximum absolute atomic E-state index is 12.8. The number of nitrogens with zero attached hydrogens (tertiary/aromatic N) is 5. The number of nitrogens with one attached hydrogen (secondary N) is 1. The molecule has 3 heterocycles. The summed E-state index contributed by atoms with van der Waals surface area (Å²) in [5, 5.41) is 16.0. The molecule has 11 nitrogen and oxygen atoms in total. The molecular weight excluding hydrogens is 386 g/mol. The molecule has 3 rings (SSSR count). The van der Waals surface area contributed by atoms with Gasteiger partial charge in [0.15, 0.2) is 0 Å². The van der Waals surface area contributed by atoms with Crippen molar-refractivity contribution < 1.29 is 18.0 Å². The lowest BCUT2D eigenvalue weighted by Crippen LogP contribution is -2.39. The van der Waals surface area contributed by atoms with E-state index >= 15 is 0 Å². The number of hydrogen-bond donors (Lipinski definition) is 2. The minimum Gasteiger partial charge on any atom is -0.351 e. The molecule has 2 aromatic rings. The van der Waals surface area contributed by atoms with E-state index in [1.54, 1.807) is 22.8 Å². The maximum Gasteiger partial charge on any atom is 0.270 e. The van der Waals surface area contributed by atoms with Crippen LogP contribution in [0.2, 0.25) is 0 Å². The van der Waals surface area contributed by atoms with Crippen molar-refractivity contribution in [2.45, 2.75) is 37.2 Å². The van der Waals surface area contributed by atoms with E-state index in [0.717, 1.165) is 0 Å². The van der Waals surface area contributed by atoms with E-state index in [1.165, 1.54) is 23.8 Å². The van der Waals surface area contributed by atoms with Crippen LogP contribution in [-0.4, -0.2) is 57.8 Å². The molecule has 0 spiro atoms. The molecule has 28 heavy (non-hydrogen) atoms. The first-order valence-corrected chi connectivity index (χ1v) is 10.3. The highest BCUT2D eigenvalue weighted by Crippen LogP contribution is 2.23. The Morgan fingerprint density at radius 1 is 1.29 bits per heavy atom. The molecule has 1 fully saturated rings. The number of likely N-dealkylation sites (tertiary alicyclic amines) is 1. The Hall–Kier alpha value is -2.73. The first-order valence-electron chi connectivity index (χ1n) is 8.78. The van der Waals surface area contributed by atoms with Gasteiger partial charge in [-0.05, 0) is 18.9 Å². The van der Waals surface area contributed by atoms with Crippen LogP contribution in [0.1, 0.15) is 42.0 Å². The van der Waals surface area contributed by atoms with Gasteiger partial charge in [-0.1, -0.05) is 5.21 Å². The van der Waals surface area contributed by atoms with Crippen molar-refractivity contribution in [1.82, 2.24) is 29.8 Å². The average molecular weight is 409 g/mol. The maximum atomic E-state index is 12.8. The smallest absolute Gasteiger partial charge is 0.270 e. The van der Waals surface area contributed by atoms with Crippen LogP contribution in [0.25, 0.3) is 0 Å². The first kappa shape index (κ1) is 20.0. The van der Waals surface area contributed by atoms with E-state index in [-0.39, 0.29) is 28.4 Å². The van der Waals surface area contributed by atoms with Crippen molar-refractivity contribution in [2.75, 3.05) is 13.1 Å². The van der Waals surface area contributed by atoms with Gasteiger partial charge in [-0.3, -0.25) is 9.59 Å². The molecule has 1 saturated heterocycles. The van der Waals surface area contributed by atoms with Gasteiger partial charge in [-0.15, -0.1) is 5.10 Å². The molecule has 0 aromatic carbocycles. The summed E-state index contributed by atoms with van der Waals surface area (Å²) >= 11 is 0. The molecule has 1 aliphatic rings. The van der Waals surface area contributed by atoms with Crippen LogP contribution in [0.15, 0.2) is 23.4 Å². The van der Waals surface area contributed by atoms with E-state index in [1.807, 2.05) is 0 Å². The summed E-state index contributed by atoms with van der Waals surface area (Å²) in [7, 11) is -2.25. The molecule has 0 radical (unpaired) electrons. The van der Waals surface area contributed by atoms with Crippen molar-refractivity contribution in [3.8, 4) is 0 Å². The molecule has 0 saturated carbocycles. The van der Waals surface area contributed by atoms with Crippen LogP contribution in [0.5, 0.6) is 0 Å². The second-order valence-electron chi connectivity index (χ2n) is 6.84. The number of nitrogens with two attached hydrogens (primary N) is 1. The van der Waals surface area contributed by atoms with Crippen LogP contribution in [0.3, 0.4) is 0 Å². The van der Waals surface area contributed by atoms with E-state index in [2.05, 4.69) is 15.6 Å². The van der Waals surface area contributed by atoms with Crippen molar-refractivity contribution >= 4 is 21.8 Å². The number of hydrogen-bond acceptors (Lipinski definition) is 6. The molecule has 0 bridgehead atoms. The Bertz CT molecular complexity index is 987. The number of carbonyl (C=O) groups is 2. The van der Waals surface area contributed by atoms with Gasteiger partial charge in [-0.25, -0.2) is 18.2 Å². The van der Waals surface area contributed by atoms with Crippen LogP contribution < -0.4 is 10.5 Å². The number of carbonyl (C=O) groups excluding carboxylic acids is 2. The molecular formula is C16H23N7O4S. The second-order valence-corrected chi connectivity index (χ2v) is 8.40. The van der Waals surface area contributed by atoms with Crippen LogP contribution in [-0.2, 0) is 28.4 Å². The average Bonchev–Trinajstić information content (AvgIpc) is 3.26. The molecule has 0 unspecified atom stereocenters. The fourth-order valence-electron chi connectivity index (χ4n) is 3.19. The molecule has 0 aliphatic carbocycles. The number of piperidine rings is 1. The Balaban J connectivity index is 1.62. The third kappa shape index (κ3) is 4.39. The molecule has 2 amide bonds. The van der Waals surface area contributed by atoms with Gasteiger partial charge in [0.1, 0.15) is 16.3 Å². The Morgan fingerprint density at radius 2 is 1.96 bits per heavy atom. The third-order valence-electron chi connectivity index (χ3n) is 4.73. The SMILES string of the molecule is CC(=O)NCc1cn(C2CCN(C(=O)c3cc(S(N)(=O)=O)cn3C)CC2)nn1. The predicted molar refractivity (Wildman–Crippen MR) is 98.5 cm³/mol. The summed E-state index contributed by atoms with van der Waals surface area (Å²) in [5.41, 5.74) is 0.953. The Kier molecular flexibility index (Phi) is 5.52. The third-order valence-corrected chi connectivity index (χ3v) is 5.61. The number of sulfonamides is 1. The highest BCUT2D eigenvalue weighted by molar-refractivity contribution is 7.89. The van der Waals surface area contributed by atoms with Crippen LogP contribution in [0, 0.1) is 0 Å².